The van der Waals surface area contributed by atoms with Crippen LogP contribution in [0.2, 0.25) is 0 Å². The molecule has 196 valence electrons. The monoisotopic (exact) mass is 512 g/mol. The molecule has 3 aromatic rings. The van der Waals surface area contributed by atoms with Gasteiger partial charge in [-0.05, 0) is 42.7 Å². The Morgan fingerprint density at radius 3 is 2.51 bits per heavy atom. The van der Waals surface area contributed by atoms with Crippen molar-refractivity contribution in [2.24, 2.45) is 11.7 Å². The van der Waals surface area contributed by atoms with Crippen LogP contribution < -0.4 is 20.9 Å². The molecule has 0 saturated carbocycles. The van der Waals surface area contributed by atoms with Crippen LogP contribution in [-0.4, -0.2) is 55.4 Å². The number of nitrogens with zero attached hydrogens (tertiary/aromatic N) is 4. The summed E-state index contributed by atoms with van der Waals surface area (Å²) in [5.41, 5.74) is 7.99. The number of pyridine rings is 2. The third kappa shape index (κ3) is 5.65. The van der Waals surface area contributed by atoms with Gasteiger partial charge in [0.25, 0.3) is 0 Å². The van der Waals surface area contributed by atoms with Gasteiger partial charge in [0.1, 0.15) is 23.1 Å². The van der Waals surface area contributed by atoms with Gasteiger partial charge in [-0.2, -0.15) is 0 Å². The molecule has 10 heteroatoms. The molecule has 2 saturated heterocycles. The van der Waals surface area contributed by atoms with E-state index in [9.17, 15) is 4.39 Å². The van der Waals surface area contributed by atoms with Crippen molar-refractivity contribution in [3.8, 4) is 11.3 Å². The number of halogens is 3. The van der Waals surface area contributed by atoms with Crippen molar-refractivity contribution < 1.29 is 17.9 Å². The molecule has 0 spiro atoms. The van der Waals surface area contributed by atoms with Gasteiger partial charge < -0.3 is 25.6 Å². The summed E-state index contributed by atoms with van der Waals surface area (Å²) in [6.45, 7) is 6.05. The molecule has 5 rings (SSSR count). The highest BCUT2D eigenvalue weighted by molar-refractivity contribution is 5.69. The van der Waals surface area contributed by atoms with E-state index in [0.29, 0.717) is 43.6 Å². The molecule has 37 heavy (non-hydrogen) atoms. The van der Waals surface area contributed by atoms with Gasteiger partial charge in [-0.15, -0.1) is 0 Å². The summed E-state index contributed by atoms with van der Waals surface area (Å²) in [6.07, 6.45) is 4.42. The Morgan fingerprint density at radius 1 is 1.03 bits per heavy atom. The molecule has 4 heterocycles. The van der Waals surface area contributed by atoms with Gasteiger partial charge >= 0.3 is 0 Å². The van der Waals surface area contributed by atoms with Crippen LogP contribution >= 0.6 is 0 Å². The topological polar surface area (TPSA) is 79.5 Å². The number of rotatable bonds is 6. The zero-order valence-electron chi connectivity index (χ0n) is 20.8. The molecule has 0 bridgehead atoms. The molecule has 1 aromatic carbocycles. The van der Waals surface area contributed by atoms with Crippen LogP contribution in [0.5, 0.6) is 0 Å². The zero-order chi connectivity index (χ0) is 25.9. The van der Waals surface area contributed by atoms with E-state index in [1.807, 2.05) is 11.0 Å². The number of nitrogens with two attached hydrogens (primary N) is 1. The molecule has 0 aliphatic carbocycles. The number of benzene rings is 1. The summed E-state index contributed by atoms with van der Waals surface area (Å²) in [5.74, 6) is -2.05. The predicted molar refractivity (Wildman–Crippen MR) is 138 cm³/mol. The SMILES string of the molecule is CC1CC(N)CN(c2ccncc2NCc2ccc(F)c(-c3c(F)cc(N4CCOCC4)cc3F)n2)C1. The number of aromatic nitrogens is 2. The number of nitrogens with one attached hydrogen (secondary N) is 1. The average Bonchev–Trinajstić information content (AvgIpc) is 2.88. The van der Waals surface area contributed by atoms with Crippen molar-refractivity contribution in [1.82, 2.24) is 9.97 Å². The van der Waals surface area contributed by atoms with Crippen LogP contribution in [0.1, 0.15) is 19.0 Å². The van der Waals surface area contributed by atoms with Crippen molar-refractivity contribution in [2.75, 3.05) is 54.5 Å². The van der Waals surface area contributed by atoms with E-state index in [4.69, 9.17) is 10.5 Å². The molecule has 2 atom stereocenters. The first-order valence-corrected chi connectivity index (χ1v) is 12.5. The largest absolute Gasteiger partial charge is 0.378 e. The second-order valence-corrected chi connectivity index (χ2v) is 9.77. The van der Waals surface area contributed by atoms with Crippen LogP contribution in [0.25, 0.3) is 11.3 Å². The first-order chi connectivity index (χ1) is 17.9. The minimum absolute atomic E-state index is 0.0884. The van der Waals surface area contributed by atoms with E-state index < -0.39 is 23.0 Å². The minimum atomic E-state index is -0.858. The molecule has 2 aromatic heterocycles. The molecule has 2 fully saturated rings. The zero-order valence-corrected chi connectivity index (χ0v) is 20.8. The first kappa shape index (κ1) is 25.3. The van der Waals surface area contributed by atoms with Crippen LogP contribution in [0.3, 0.4) is 0 Å². The molecule has 2 aliphatic heterocycles. The Bertz CT molecular complexity index is 1220. The standard InChI is InChI=1S/C27H31F3N6O/c1-17-10-18(31)16-36(15-17)25-4-5-32-14-24(25)33-13-19-2-3-21(28)27(34-19)26-22(29)11-20(12-23(26)30)35-6-8-37-9-7-35/h2-5,11-12,14,17-18,33H,6-10,13,15-16,31H2,1H3. The van der Waals surface area contributed by atoms with Crippen molar-refractivity contribution in [1.29, 1.82) is 0 Å². The number of hydrogen-bond acceptors (Lipinski definition) is 7. The maximum Gasteiger partial charge on any atom is 0.149 e. The summed E-state index contributed by atoms with van der Waals surface area (Å²) >= 11 is 0. The Hall–Kier alpha value is -3.37. The molecule has 0 radical (unpaired) electrons. The number of morpholine rings is 1. The van der Waals surface area contributed by atoms with Gasteiger partial charge in [-0.1, -0.05) is 6.92 Å². The lowest BCUT2D eigenvalue weighted by molar-refractivity contribution is 0.122. The smallest absolute Gasteiger partial charge is 0.149 e. The number of piperidine rings is 1. The van der Waals surface area contributed by atoms with Crippen molar-refractivity contribution in [2.45, 2.75) is 25.9 Å². The third-order valence-electron chi connectivity index (χ3n) is 6.83. The predicted octanol–water partition coefficient (Wildman–Crippen LogP) is 4.18. The van der Waals surface area contributed by atoms with Crippen LogP contribution in [-0.2, 0) is 11.3 Å². The van der Waals surface area contributed by atoms with Crippen LogP contribution in [0.15, 0.2) is 42.7 Å². The van der Waals surface area contributed by atoms with E-state index in [-0.39, 0.29) is 18.3 Å². The van der Waals surface area contributed by atoms with Crippen molar-refractivity contribution in [3.05, 3.63) is 65.9 Å². The highest BCUT2D eigenvalue weighted by atomic mass is 19.1. The summed E-state index contributed by atoms with van der Waals surface area (Å²) in [6, 6.07) is 7.15. The molecular formula is C27H31F3N6O. The Morgan fingerprint density at radius 2 is 1.78 bits per heavy atom. The summed E-state index contributed by atoms with van der Waals surface area (Å²) < 4.78 is 50.2. The minimum Gasteiger partial charge on any atom is -0.378 e. The highest BCUT2D eigenvalue weighted by Gasteiger charge is 2.25. The highest BCUT2D eigenvalue weighted by Crippen LogP contribution is 2.32. The number of hydrogen-bond donors (Lipinski definition) is 2. The Labute approximate surface area is 214 Å². The van der Waals surface area contributed by atoms with Crippen LogP contribution in [0.4, 0.5) is 30.2 Å². The van der Waals surface area contributed by atoms with Crippen molar-refractivity contribution >= 4 is 17.1 Å². The average molecular weight is 513 g/mol. The fourth-order valence-corrected chi connectivity index (χ4v) is 5.13. The fourth-order valence-electron chi connectivity index (χ4n) is 5.13. The Kier molecular flexibility index (Phi) is 7.48. The molecule has 0 amide bonds. The summed E-state index contributed by atoms with van der Waals surface area (Å²) in [4.78, 5) is 12.6. The molecule has 3 N–H and O–H groups in total. The molecule has 2 aliphatic rings. The van der Waals surface area contributed by atoms with Gasteiger partial charge in [-0.3, -0.25) is 4.98 Å². The first-order valence-electron chi connectivity index (χ1n) is 12.5. The maximum atomic E-state index is 15.1. The van der Waals surface area contributed by atoms with Gasteiger partial charge in [0.2, 0.25) is 0 Å². The number of anilines is 3. The lowest BCUT2D eigenvalue weighted by Gasteiger charge is -2.37. The Balaban J connectivity index is 1.37. The van der Waals surface area contributed by atoms with E-state index >= 15 is 8.78 Å². The normalized spacial score (nSPS) is 20.2. The van der Waals surface area contributed by atoms with E-state index in [1.165, 1.54) is 24.3 Å². The van der Waals surface area contributed by atoms with Crippen molar-refractivity contribution in [3.63, 3.8) is 0 Å². The molecule has 2 unspecified atom stereocenters. The third-order valence-corrected chi connectivity index (χ3v) is 6.83. The van der Waals surface area contributed by atoms with Gasteiger partial charge in [0.05, 0.1) is 48.6 Å². The molecule has 7 nitrogen and oxygen atoms in total. The lowest BCUT2D eigenvalue weighted by Crippen LogP contribution is -2.46. The second-order valence-electron chi connectivity index (χ2n) is 9.77. The maximum absolute atomic E-state index is 15.1. The lowest BCUT2D eigenvalue weighted by atomic mass is 9.96. The fraction of sp³-hybridized carbons (Fsp3) is 0.407. The second kappa shape index (κ2) is 10.9. The van der Waals surface area contributed by atoms with Crippen LogP contribution in [0, 0.1) is 23.4 Å². The summed E-state index contributed by atoms with van der Waals surface area (Å²) in [7, 11) is 0. The van der Waals surface area contributed by atoms with E-state index in [0.717, 1.165) is 30.9 Å². The van der Waals surface area contributed by atoms with E-state index in [2.05, 4.69) is 27.1 Å². The summed E-state index contributed by atoms with van der Waals surface area (Å²) in [5, 5.41) is 3.30. The van der Waals surface area contributed by atoms with E-state index in [1.54, 1.807) is 12.4 Å². The quantitative estimate of drug-likeness (QED) is 0.513. The van der Waals surface area contributed by atoms with Gasteiger partial charge in [-0.25, -0.2) is 18.2 Å². The van der Waals surface area contributed by atoms with Gasteiger partial charge in [0.15, 0.2) is 0 Å². The number of ether oxygens (including phenoxy) is 1. The molecular weight excluding hydrogens is 481 g/mol. The van der Waals surface area contributed by atoms with Gasteiger partial charge in [0, 0.05) is 44.1 Å².